The monoisotopic (exact) mass is 278 g/mol. The van der Waals surface area contributed by atoms with E-state index < -0.39 is 10.8 Å². The van der Waals surface area contributed by atoms with Crippen LogP contribution in [0.2, 0.25) is 0 Å². The van der Waals surface area contributed by atoms with E-state index >= 15 is 0 Å². The van der Waals surface area contributed by atoms with E-state index in [0.717, 1.165) is 12.8 Å². The Balaban J connectivity index is 3.64. The molecule has 0 saturated heterocycles. The zero-order valence-electron chi connectivity index (χ0n) is 11.8. The lowest BCUT2D eigenvalue weighted by Crippen LogP contribution is -2.43. The SMILES string of the molecule is COCCCNC(=O)C(C)NCCC(C)S(C)=O. The van der Waals surface area contributed by atoms with Gasteiger partial charge in [0.25, 0.3) is 0 Å². The van der Waals surface area contributed by atoms with Crippen molar-refractivity contribution in [2.45, 2.75) is 38.0 Å². The normalized spacial score (nSPS) is 16.0. The van der Waals surface area contributed by atoms with Gasteiger partial charge in [-0.1, -0.05) is 6.92 Å². The molecule has 0 fully saturated rings. The average Bonchev–Trinajstić information content (AvgIpc) is 2.33. The molecule has 1 amide bonds. The maximum absolute atomic E-state index is 11.6. The lowest BCUT2D eigenvalue weighted by atomic mass is 10.2. The fourth-order valence-electron chi connectivity index (χ4n) is 1.34. The van der Waals surface area contributed by atoms with Gasteiger partial charge in [-0.25, -0.2) is 0 Å². The number of hydrogen-bond acceptors (Lipinski definition) is 4. The molecule has 0 heterocycles. The number of nitrogens with one attached hydrogen (secondary N) is 2. The highest BCUT2D eigenvalue weighted by Gasteiger charge is 2.12. The second-order valence-corrected chi connectivity index (χ2v) is 6.21. The number of methoxy groups -OCH3 is 1. The first-order valence-electron chi connectivity index (χ1n) is 6.31. The lowest BCUT2D eigenvalue weighted by molar-refractivity contribution is -0.122. The molecule has 0 aromatic carbocycles. The summed E-state index contributed by atoms with van der Waals surface area (Å²) in [5, 5.41) is 6.13. The Morgan fingerprint density at radius 1 is 1.33 bits per heavy atom. The van der Waals surface area contributed by atoms with E-state index in [1.807, 2.05) is 13.8 Å². The number of hydrogen-bond donors (Lipinski definition) is 2. The van der Waals surface area contributed by atoms with Gasteiger partial charge in [-0.15, -0.1) is 0 Å². The molecular formula is C12H26N2O3S. The summed E-state index contributed by atoms with van der Waals surface area (Å²) in [4.78, 5) is 11.6. The van der Waals surface area contributed by atoms with Gasteiger partial charge in [0.2, 0.25) is 5.91 Å². The van der Waals surface area contributed by atoms with Crippen LogP contribution in [0.3, 0.4) is 0 Å². The van der Waals surface area contributed by atoms with Gasteiger partial charge in [0.1, 0.15) is 0 Å². The van der Waals surface area contributed by atoms with Crippen molar-refractivity contribution in [1.82, 2.24) is 10.6 Å². The zero-order valence-corrected chi connectivity index (χ0v) is 12.6. The van der Waals surface area contributed by atoms with Crippen molar-refractivity contribution in [3.63, 3.8) is 0 Å². The van der Waals surface area contributed by atoms with Gasteiger partial charge in [0, 0.05) is 42.6 Å². The minimum Gasteiger partial charge on any atom is -0.385 e. The van der Waals surface area contributed by atoms with E-state index in [0.29, 0.717) is 19.7 Å². The number of ether oxygens (including phenoxy) is 1. The summed E-state index contributed by atoms with van der Waals surface area (Å²) in [5.74, 6) is -0.00335. The van der Waals surface area contributed by atoms with Crippen molar-refractivity contribution < 1.29 is 13.7 Å². The second-order valence-electron chi connectivity index (χ2n) is 4.41. The van der Waals surface area contributed by atoms with Gasteiger partial charge in [-0.3, -0.25) is 9.00 Å². The molecule has 0 radical (unpaired) electrons. The predicted octanol–water partition coefficient (Wildman–Crippen LogP) is 0.274. The van der Waals surface area contributed by atoms with Crippen molar-refractivity contribution in [1.29, 1.82) is 0 Å². The predicted molar refractivity (Wildman–Crippen MR) is 75.1 cm³/mol. The van der Waals surface area contributed by atoms with Crippen LogP contribution >= 0.6 is 0 Å². The number of carbonyl (C=O) groups is 1. The van der Waals surface area contributed by atoms with Gasteiger partial charge in [-0.2, -0.15) is 0 Å². The fraction of sp³-hybridized carbons (Fsp3) is 0.917. The third-order valence-corrected chi connectivity index (χ3v) is 4.15. The van der Waals surface area contributed by atoms with Gasteiger partial charge < -0.3 is 15.4 Å². The van der Waals surface area contributed by atoms with Gasteiger partial charge in [-0.05, 0) is 26.3 Å². The molecule has 3 unspecified atom stereocenters. The zero-order chi connectivity index (χ0) is 14.0. The highest BCUT2D eigenvalue weighted by atomic mass is 32.2. The van der Waals surface area contributed by atoms with E-state index in [9.17, 15) is 9.00 Å². The van der Waals surface area contributed by atoms with E-state index in [2.05, 4.69) is 10.6 Å². The molecule has 0 rings (SSSR count). The van der Waals surface area contributed by atoms with Crippen molar-refractivity contribution in [3.05, 3.63) is 0 Å². The van der Waals surface area contributed by atoms with Crippen LogP contribution in [-0.4, -0.2) is 54.5 Å². The summed E-state index contributed by atoms with van der Waals surface area (Å²) in [7, 11) is 0.846. The molecule has 108 valence electrons. The topological polar surface area (TPSA) is 67.4 Å². The molecule has 0 bridgehead atoms. The third kappa shape index (κ3) is 8.60. The molecule has 0 aromatic heterocycles. The minimum absolute atomic E-state index is 0.00335. The summed E-state index contributed by atoms with van der Waals surface area (Å²) in [6, 6.07) is -0.218. The molecule has 0 aliphatic carbocycles. The molecule has 5 nitrogen and oxygen atoms in total. The van der Waals surface area contributed by atoms with Crippen LogP contribution in [-0.2, 0) is 20.3 Å². The van der Waals surface area contributed by atoms with E-state index in [1.165, 1.54) is 0 Å². The maximum atomic E-state index is 11.6. The largest absolute Gasteiger partial charge is 0.385 e. The van der Waals surface area contributed by atoms with E-state index in [1.54, 1.807) is 13.4 Å². The van der Waals surface area contributed by atoms with Crippen LogP contribution in [0, 0.1) is 0 Å². The van der Waals surface area contributed by atoms with Gasteiger partial charge >= 0.3 is 0 Å². The van der Waals surface area contributed by atoms with Crippen molar-refractivity contribution in [2.75, 3.05) is 33.1 Å². The molecular weight excluding hydrogens is 252 g/mol. The smallest absolute Gasteiger partial charge is 0.236 e. The first-order valence-corrected chi connectivity index (χ1v) is 7.93. The number of amides is 1. The molecule has 0 aromatic rings. The highest BCUT2D eigenvalue weighted by molar-refractivity contribution is 7.84. The molecule has 2 N–H and O–H groups in total. The highest BCUT2D eigenvalue weighted by Crippen LogP contribution is 1.97. The summed E-state index contributed by atoms with van der Waals surface area (Å²) in [6.07, 6.45) is 3.34. The van der Waals surface area contributed by atoms with Crippen LogP contribution in [0.4, 0.5) is 0 Å². The van der Waals surface area contributed by atoms with Crippen LogP contribution in [0.1, 0.15) is 26.7 Å². The Morgan fingerprint density at radius 2 is 2.00 bits per heavy atom. The summed E-state index contributed by atoms with van der Waals surface area (Å²) in [5.41, 5.74) is 0. The molecule has 0 saturated carbocycles. The average molecular weight is 278 g/mol. The third-order valence-electron chi connectivity index (χ3n) is 2.79. The Labute approximate surface area is 113 Å². The van der Waals surface area contributed by atoms with Crippen molar-refractivity contribution in [2.24, 2.45) is 0 Å². The second kappa shape index (κ2) is 10.5. The molecule has 3 atom stereocenters. The maximum Gasteiger partial charge on any atom is 0.236 e. The van der Waals surface area contributed by atoms with E-state index in [4.69, 9.17) is 4.74 Å². The Bertz CT molecular complexity index is 262. The Hall–Kier alpha value is -0.460. The fourth-order valence-corrected chi connectivity index (χ4v) is 1.79. The van der Waals surface area contributed by atoms with Crippen molar-refractivity contribution in [3.8, 4) is 0 Å². The Kier molecular flexibility index (Phi) is 10.2. The van der Waals surface area contributed by atoms with Crippen LogP contribution in [0.15, 0.2) is 0 Å². The number of carbonyl (C=O) groups excluding carboxylic acids is 1. The standard InChI is InChI=1S/C12H26N2O3S/c1-10(18(4)16)6-8-13-11(2)12(15)14-7-5-9-17-3/h10-11,13H,5-9H2,1-4H3,(H,14,15). The molecule has 0 aliphatic rings. The number of rotatable bonds is 10. The molecule has 6 heteroatoms. The van der Waals surface area contributed by atoms with Gasteiger partial charge in [0.05, 0.1) is 6.04 Å². The van der Waals surface area contributed by atoms with Crippen LogP contribution < -0.4 is 10.6 Å². The first kappa shape index (κ1) is 17.5. The summed E-state index contributed by atoms with van der Waals surface area (Å²) >= 11 is 0. The van der Waals surface area contributed by atoms with E-state index in [-0.39, 0.29) is 17.2 Å². The summed E-state index contributed by atoms with van der Waals surface area (Å²) in [6.45, 7) is 5.77. The van der Waals surface area contributed by atoms with Gasteiger partial charge in [0.15, 0.2) is 0 Å². The summed E-state index contributed by atoms with van der Waals surface area (Å²) < 4.78 is 16.1. The molecule has 18 heavy (non-hydrogen) atoms. The first-order chi connectivity index (χ1) is 8.49. The molecule has 0 spiro atoms. The van der Waals surface area contributed by atoms with Crippen LogP contribution in [0.5, 0.6) is 0 Å². The molecule has 0 aliphatic heterocycles. The quantitative estimate of drug-likeness (QED) is 0.563. The Morgan fingerprint density at radius 3 is 2.56 bits per heavy atom. The van der Waals surface area contributed by atoms with Crippen molar-refractivity contribution >= 4 is 16.7 Å². The van der Waals surface area contributed by atoms with Crippen LogP contribution in [0.25, 0.3) is 0 Å². The lowest BCUT2D eigenvalue weighted by Gasteiger charge is -2.15. The minimum atomic E-state index is -0.797.